The molecule has 3 rings (SSSR count). The number of aromatic amines is 3. The Morgan fingerprint density at radius 2 is 0.830 bits per heavy atom. The molecule has 0 saturated heterocycles. The number of aromatic nitrogens is 6. The lowest BCUT2D eigenvalue weighted by atomic mass is 9.99. The molecule has 0 saturated carbocycles. The van der Waals surface area contributed by atoms with Gasteiger partial charge in [-0.1, -0.05) is 41.5 Å². The van der Waals surface area contributed by atoms with Crippen molar-refractivity contribution in [1.29, 1.82) is 0 Å². The summed E-state index contributed by atoms with van der Waals surface area (Å²) in [4.78, 5) is 225. The Bertz CT molecular complexity index is 3360. The van der Waals surface area contributed by atoms with Gasteiger partial charge in [-0.3, -0.25) is 67.1 Å². The molecular weight excluding hydrogens is 1410 g/mol. The zero-order chi connectivity index (χ0) is 79.3. The van der Waals surface area contributed by atoms with E-state index < -0.39 is 200 Å². The lowest BCUT2D eigenvalue weighted by Gasteiger charge is -2.29. The van der Waals surface area contributed by atoms with Crippen LogP contribution in [0.4, 0.5) is 0 Å². The maximum Gasteiger partial charge on any atom is 0.328 e. The Labute approximate surface area is 616 Å². The van der Waals surface area contributed by atoms with Crippen molar-refractivity contribution in [2.75, 3.05) is 31.7 Å². The first-order chi connectivity index (χ1) is 50.0. The van der Waals surface area contributed by atoms with Gasteiger partial charge in [0.1, 0.15) is 60.4 Å². The Morgan fingerprint density at radius 1 is 0.462 bits per heavy atom. The van der Waals surface area contributed by atoms with Crippen LogP contribution in [-0.4, -0.2) is 244 Å². The lowest BCUT2D eigenvalue weighted by molar-refractivity contribution is -0.145. The van der Waals surface area contributed by atoms with Crippen LogP contribution in [0.3, 0.4) is 0 Å². The number of H-pyrrole nitrogens is 3. The van der Waals surface area contributed by atoms with Crippen molar-refractivity contribution >= 4 is 100 Å². The van der Waals surface area contributed by atoms with E-state index in [0.717, 1.165) is 6.92 Å². The number of hydrogen-bond donors (Lipinski definition) is 22. The van der Waals surface area contributed by atoms with Gasteiger partial charge in [0.05, 0.1) is 50.7 Å². The fourth-order valence-corrected chi connectivity index (χ4v) is 11.0. The van der Waals surface area contributed by atoms with Gasteiger partial charge >= 0.3 is 5.97 Å². The molecule has 0 aliphatic carbocycles. The number of thioether (sulfide) groups is 1. The van der Waals surface area contributed by atoms with Gasteiger partial charge in [-0.05, 0) is 94.6 Å². The molecule has 106 heavy (non-hydrogen) atoms. The Kier molecular flexibility index (Phi) is 39.6. The molecule has 26 N–H and O–H groups in total. The summed E-state index contributed by atoms with van der Waals surface area (Å²) in [5.41, 5.74) is 23.9. The zero-order valence-electron chi connectivity index (χ0n) is 60.7. The molecule has 0 aromatic carbocycles. The van der Waals surface area contributed by atoms with Crippen LogP contribution in [0.2, 0.25) is 0 Å². The number of primary amides is 2. The minimum Gasteiger partial charge on any atom is -0.480 e. The van der Waals surface area contributed by atoms with Crippen LogP contribution in [0.1, 0.15) is 130 Å². The number of carbonyl (C=O) groups is 15. The summed E-state index contributed by atoms with van der Waals surface area (Å²) < 4.78 is 0. The van der Waals surface area contributed by atoms with Gasteiger partial charge < -0.3 is 117 Å². The molecular formula is C65H106N22O18S. The molecule has 0 bridgehead atoms. The third kappa shape index (κ3) is 33.3. The number of nitrogens with two attached hydrogens (primary N) is 4. The summed E-state index contributed by atoms with van der Waals surface area (Å²) in [6.07, 6.45) is 6.23. The van der Waals surface area contributed by atoms with Gasteiger partial charge in [0.15, 0.2) is 6.04 Å². The van der Waals surface area contributed by atoms with Crippen molar-refractivity contribution in [3.05, 3.63) is 54.7 Å². The number of nitrogens with one attached hydrogen (secondary N) is 15. The molecule has 0 aliphatic heterocycles. The molecule has 0 fully saturated rings. The second kappa shape index (κ2) is 46.6. The summed E-state index contributed by atoms with van der Waals surface area (Å²) in [5, 5.41) is 60.1. The number of aliphatic carboxylic acids is 1. The average molecular weight is 1520 g/mol. The van der Waals surface area contributed by atoms with Gasteiger partial charge in [0.25, 0.3) is 0 Å². The van der Waals surface area contributed by atoms with E-state index in [1.165, 1.54) is 49.3 Å². The third-order valence-corrected chi connectivity index (χ3v) is 16.7. The molecule has 40 nitrogen and oxygen atoms in total. The monoisotopic (exact) mass is 1510 g/mol. The molecule has 3 aromatic rings. The van der Waals surface area contributed by atoms with Crippen LogP contribution in [0.5, 0.6) is 0 Å². The number of carbonyl (C=O) groups excluding carboxylic acids is 14. The van der Waals surface area contributed by atoms with Crippen molar-refractivity contribution in [3.8, 4) is 0 Å². The highest BCUT2D eigenvalue weighted by atomic mass is 32.2. The van der Waals surface area contributed by atoms with E-state index >= 15 is 0 Å². The first kappa shape index (κ1) is 90.1. The predicted octanol–water partition coefficient (Wildman–Crippen LogP) is -6.72. The van der Waals surface area contributed by atoms with Crippen molar-refractivity contribution in [1.82, 2.24) is 93.7 Å². The number of aliphatic hydroxyl groups excluding tert-OH is 2. The SMILES string of the molecule is CSCC[C@H](NC(=O)[C@H](CO)NC(=O)[C@H](Cc1cnc[nH]1)NC(=O)[C@H](CC(C)C)NC(=O)CNC(=O)[C@@H](N)Cc1cnc[nH]1)C(=O)N[C@@H](Cc1cnc[nH]1)C(=O)N[C@@H](CC(N)=O)C(=O)N[C@@H](CCCCN)C(=O)N[C@@H](CC(C)C)C(=O)N[C@@H](CC(C)C)C(=O)N[C@@H](CCC(N)=O)C(=O)N[C@H](C(=O)O)[C@@H](C)O. The van der Waals surface area contributed by atoms with E-state index in [4.69, 9.17) is 22.9 Å². The second-order valence-electron chi connectivity index (χ2n) is 26.7. The Morgan fingerprint density at radius 3 is 1.23 bits per heavy atom. The maximum atomic E-state index is 14.6. The minimum atomic E-state index is -1.86. The van der Waals surface area contributed by atoms with Crippen molar-refractivity contribution in [2.45, 2.75) is 211 Å². The van der Waals surface area contributed by atoms with Gasteiger partial charge in [-0.2, -0.15) is 11.8 Å². The van der Waals surface area contributed by atoms with Gasteiger partial charge in [0.2, 0.25) is 82.7 Å². The molecule has 13 atom stereocenters. The number of nitrogens with zero attached hydrogens (tertiary/aromatic N) is 3. The van der Waals surface area contributed by atoms with Gasteiger partial charge in [0, 0.05) is 61.4 Å². The Balaban J connectivity index is 1.90. The van der Waals surface area contributed by atoms with Crippen LogP contribution in [0.25, 0.3) is 0 Å². The predicted molar refractivity (Wildman–Crippen MR) is 382 cm³/mol. The molecule has 0 spiro atoms. The summed E-state index contributed by atoms with van der Waals surface area (Å²) in [7, 11) is 0. The Hall–Kier alpha value is -10.1. The van der Waals surface area contributed by atoms with E-state index in [1.807, 2.05) is 0 Å². The van der Waals surface area contributed by atoms with E-state index in [9.17, 15) is 87.2 Å². The van der Waals surface area contributed by atoms with Crippen LogP contribution < -0.4 is 86.7 Å². The molecule has 590 valence electrons. The highest BCUT2D eigenvalue weighted by Crippen LogP contribution is 2.15. The molecule has 14 amide bonds. The number of amides is 14. The third-order valence-electron chi connectivity index (χ3n) is 16.1. The number of carboxylic acids is 1. The number of unbranched alkanes of at least 4 members (excludes halogenated alkanes) is 1. The summed E-state index contributed by atoms with van der Waals surface area (Å²) in [6.45, 7) is 10.1. The summed E-state index contributed by atoms with van der Waals surface area (Å²) in [6, 6.07) is -18.4. The smallest absolute Gasteiger partial charge is 0.328 e. The molecule has 0 unspecified atom stereocenters. The number of imidazole rings is 3. The van der Waals surface area contributed by atoms with E-state index in [-0.39, 0.29) is 93.5 Å². The standard InChI is InChI=1S/C65H106N22O18S/c1-32(2)17-43(77-52(92)27-73-54(93)39(67)20-36-24-70-29-74-36)58(97)84-47(22-38-26-72-31-76-38)62(101)86-49(28-88)64(103)80-42(14-16-106-8)56(95)83-46(21-37-25-71-30-75-37)61(100)85-48(23-51(69)91)63(102)78-40(11-9-10-15-66)55(94)81-45(19-34(5)6)60(99)82-44(18-33(3)4)59(98)79-41(12-13-50(68)90)57(96)87-53(35(7)89)65(104)105/h24-26,29-35,39-49,53,88-89H,9-23,27-28,66-67H2,1-8H3,(H2,68,90)(H2,69,91)(H,70,74)(H,71,75)(H,72,76)(H,73,93)(H,77,92)(H,78,102)(H,79,98)(H,80,103)(H,81,94)(H,82,99)(H,83,95)(H,84,97)(H,85,100)(H,86,101)(H,87,96)(H,104,105)/t35-,39+,40+,41+,42+,43+,44+,45+,46+,47+,48+,49+,53+/m1/s1. The molecule has 41 heteroatoms. The highest BCUT2D eigenvalue weighted by molar-refractivity contribution is 7.98. The number of aliphatic hydroxyl groups is 2. The number of hydrogen-bond acceptors (Lipinski definition) is 23. The lowest BCUT2D eigenvalue weighted by Crippen LogP contribution is -2.61. The summed E-state index contributed by atoms with van der Waals surface area (Å²) in [5.74, 6) is -15.7. The van der Waals surface area contributed by atoms with Crippen molar-refractivity contribution in [3.63, 3.8) is 0 Å². The number of rotatable bonds is 51. The van der Waals surface area contributed by atoms with Crippen LogP contribution in [-0.2, 0) is 91.2 Å². The average Bonchev–Trinajstić information content (AvgIpc) is 0.949. The maximum absolute atomic E-state index is 14.6. The van der Waals surface area contributed by atoms with Crippen LogP contribution in [0, 0.1) is 17.8 Å². The quantitative estimate of drug-likeness (QED) is 0.0234. The molecule has 3 aromatic heterocycles. The van der Waals surface area contributed by atoms with Crippen LogP contribution in [0.15, 0.2) is 37.6 Å². The minimum absolute atomic E-state index is 0.0557. The molecule has 0 aliphatic rings. The van der Waals surface area contributed by atoms with Crippen molar-refractivity contribution in [2.24, 2.45) is 40.7 Å². The number of carboxylic acid groups (broad SMARTS) is 1. The van der Waals surface area contributed by atoms with E-state index in [1.54, 1.807) is 47.8 Å². The van der Waals surface area contributed by atoms with Crippen molar-refractivity contribution < 1.29 is 87.2 Å². The summed E-state index contributed by atoms with van der Waals surface area (Å²) >= 11 is 1.26. The second-order valence-corrected chi connectivity index (χ2v) is 27.7. The first-order valence-corrected chi connectivity index (χ1v) is 36.0. The molecule has 0 radical (unpaired) electrons. The fourth-order valence-electron chi connectivity index (χ4n) is 10.5. The zero-order valence-corrected chi connectivity index (χ0v) is 61.6. The van der Waals surface area contributed by atoms with Gasteiger partial charge in [-0.15, -0.1) is 0 Å². The largest absolute Gasteiger partial charge is 0.480 e. The first-order valence-electron chi connectivity index (χ1n) is 34.6. The highest BCUT2D eigenvalue weighted by Gasteiger charge is 2.38. The van der Waals surface area contributed by atoms with Gasteiger partial charge in [-0.25, -0.2) is 19.7 Å². The molecule has 3 heterocycles. The topological polar surface area (TPSA) is 651 Å². The van der Waals surface area contributed by atoms with E-state index in [0.29, 0.717) is 17.8 Å². The normalized spacial score (nSPS) is 15.0. The fraction of sp³-hybridized carbons (Fsp3) is 0.631. The van der Waals surface area contributed by atoms with Crippen LogP contribution >= 0.6 is 11.8 Å². The van der Waals surface area contributed by atoms with E-state index in [2.05, 4.69) is 93.7 Å².